The van der Waals surface area contributed by atoms with Crippen LogP contribution in [0.3, 0.4) is 0 Å². The van der Waals surface area contributed by atoms with E-state index in [-0.39, 0.29) is 23.1 Å². The highest BCUT2D eigenvalue weighted by Gasteiger charge is 2.27. The van der Waals surface area contributed by atoms with Crippen molar-refractivity contribution < 1.29 is 9.59 Å². The van der Waals surface area contributed by atoms with Crippen LogP contribution in [0.15, 0.2) is 52.4 Å². The average molecular weight is 533 g/mol. The molecule has 0 spiro atoms. The number of hydrogen-bond donors (Lipinski definition) is 1. The van der Waals surface area contributed by atoms with Crippen LogP contribution in [0.4, 0.5) is 5.69 Å². The zero-order chi connectivity index (χ0) is 26.3. The van der Waals surface area contributed by atoms with Gasteiger partial charge in [0.15, 0.2) is 5.16 Å². The number of hydrogen-bond acceptors (Lipinski definition) is 6. The fourth-order valence-electron chi connectivity index (χ4n) is 4.60. The Balaban J connectivity index is 1.54. The first-order chi connectivity index (χ1) is 17.7. The zero-order valence-corrected chi connectivity index (χ0v) is 22.9. The maximum absolute atomic E-state index is 14.0. The topological polar surface area (TPSA) is 84.3 Å². The van der Waals surface area contributed by atoms with Crippen molar-refractivity contribution in [3.8, 4) is 5.69 Å². The summed E-state index contributed by atoms with van der Waals surface area (Å²) in [7, 11) is 0. The van der Waals surface area contributed by atoms with Gasteiger partial charge >= 0.3 is 0 Å². The average Bonchev–Trinajstić information content (AvgIpc) is 3.23. The van der Waals surface area contributed by atoms with E-state index in [2.05, 4.69) is 5.32 Å². The van der Waals surface area contributed by atoms with Gasteiger partial charge in [0.2, 0.25) is 11.8 Å². The first-order valence-electron chi connectivity index (χ1n) is 12.1. The molecule has 0 unspecified atom stereocenters. The minimum absolute atomic E-state index is 0.0273. The minimum Gasteiger partial charge on any atom is -0.337 e. The van der Waals surface area contributed by atoms with Crippen LogP contribution in [-0.2, 0) is 22.6 Å². The lowest BCUT2D eigenvalue weighted by atomic mass is 10.1. The molecule has 0 saturated carbocycles. The lowest BCUT2D eigenvalue weighted by molar-refractivity contribution is -0.129. The molecule has 0 atom stereocenters. The second-order valence-electron chi connectivity index (χ2n) is 9.35. The first kappa shape index (κ1) is 25.2. The molecule has 1 aliphatic rings. The molecule has 1 aliphatic heterocycles. The summed E-state index contributed by atoms with van der Waals surface area (Å²) in [5, 5.41) is 4.09. The van der Waals surface area contributed by atoms with Crippen LogP contribution in [0, 0.1) is 20.8 Å². The van der Waals surface area contributed by atoms with Crippen LogP contribution >= 0.6 is 23.1 Å². The van der Waals surface area contributed by atoms with E-state index in [0.717, 1.165) is 38.5 Å². The minimum atomic E-state index is -0.160. The molecule has 190 valence electrons. The predicted molar refractivity (Wildman–Crippen MR) is 150 cm³/mol. The smallest absolute Gasteiger partial charge is 0.267 e. The van der Waals surface area contributed by atoms with E-state index >= 15 is 0 Å². The second kappa shape index (κ2) is 10.1. The highest BCUT2D eigenvalue weighted by Crippen LogP contribution is 2.34. The van der Waals surface area contributed by atoms with Gasteiger partial charge in [0.05, 0.1) is 23.4 Å². The SMILES string of the molecule is CC(=O)N1CCc2c(sc3nc(SCC(=O)Nc4cc(C)ccc4C)n(-c4ccccc4C)c(=O)c23)C1. The molecule has 2 aromatic carbocycles. The number of nitrogens with zero attached hydrogens (tertiary/aromatic N) is 3. The number of thiophene rings is 1. The third-order valence-corrected chi connectivity index (χ3v) is 8.69. The Kier molecular flexibility index (Phi) is 6.92. The lowest BCUT2D eigenvalue weighted by Crippen LogP contribution is -2.34. The normalized spacial score (nSPS) is 13.0. The lowest BCUT2D eigenvalue weighted by Gasteiger charge is -2.25. The largest absolute Gasteiger partial charge is 0.337 e. The number of anilines is 1. The number of aryl methyl sites for hydroxylation is 3. The van der Waals surface area contributed by atoms with Gasteiger partial charge in [-0.1, -0.05) is 42.1 Å². The van der Waals surface area contributed by atoms with Gasteiger partial charge in [-0.2, -0.15) is 0 Å². The van der Waals surface area contributed by atoms with Crippen LogP contribution in [0.5, 0.6) is 0 Å². The molecular weight excluding hydrogens is 504 g/mol. The van der Waals surface area contributed by atoms with Crippen molar-refractivity contribution in [2.45, 2.75) is 45.8 Å². The number of fused-ring (bicyclic) bond motifs is 3. The summed E-state index contributed by atoms with van der Waals surface area (Å²) in [5.74, 6) is -0.0214. The molecule has 0 bridgehead atoms. The molecule has 3 heterocycles. The molecule has 0 saturated heterocycles. The number of amides is 2. The van der Waals surface area contributed by atoms with Crippen LogP contribution in [-0.4, -0.2) is 38.6 Å². The van der Waals surface area contributed by atoms with Crippen LogP contribution in [0.25, 0.3) is 15.9 Å². The van der Waals surface area contributed by atoms with Gasteiger partial charge < -0.3 is 10.2 Å². The Morgan fingerprint density at radius 1 is 1.11 bits per heavy atom. The van der Waals surface area contributed by atoms with Gasteiger partial charge in [-0.05, 0) is 61.6 Å². The molecule has 7 nitrogen and oxygen atoms in total. The third-order valence-electron chi connectivity index (χ3n) is 6.64. The number of rotatable bonds is 5. The van der Waals surface area contributed by atoms with Crippen molar-refractivity contribution in [3.05, 3.63) is 79.9 Å². The van der Waals surface area contributed by atoms with Crippen molar-refractivity contribution in [2.24, 2.45) is 0 Å². The molecule has 0 radical (unpaired) electrons. The number of nitrogens with one attached hydrogen (secondary N) is 1. The third kappa shape index (κ3) is 4.93. The van der Waals surface area contributed by atoms with Gasteiger partial charge in [0.1, 0.15) is 4.83 Å². The van der Waals surface area contributed by atoms with E-state index in [1.807, 2.05) is 63.2 Å². The summed E-state index contributed by atoms with van der Waals surface area (Å²) >= 11 is 2.72. The Bertz CT molecular complexity index is 1610. The van der Waals surface area contributed by atoms with Crippen molar-refractivity contribution in [2.75, 3.05) is 17.6 Å². The number of aromatic nitrogens is 2. The molecule has 37 heavy (non-hydrogen) atoms. The van der Waals surface area contributed by atoms with Gasteiger partial charge in [0.25, 0.3) is 5.56 Å². The number of carbonyl (C=O) groups is 2. The Morgan fingerprint density at radius 3 is 2.65 bits per heavy atom. The molecule has 9 heteroatoms. The number of thioether (sulfide) groups is 1. The van der Waals surface area contributed by atoms with Crippen molar-refractivity contribution in [1.82, 2.24) is 14.5 Å². The number of para-hydroxylation sites is 1. The Morgan fingerprint density at radius 2 is 1.89 bits per heavy atom. The summed E-state index contributed by atoms with van der Waals surface area (Å²) in [6, 6.07) is 13.6. The van der Waals surface area contributed by atoms with Crippen molar-refractivity contribution in [3.63, 3.8) is 0 Å². The van der Waals surface area contributed by atoms with Crippen LogP contribution in [0.1, 0.15) is 34.1 Å². The van der Waals surface area contributed by atoms with Crippen molar-refractivity contribution >= 4 is 50.8 Å². The molecule has 0 aliphatic carbocycles. The van der Waals surface area contributed by atoms with E-state index in [0.29, 0.717) is 34.9 Å². The zero-order valence-electron chi connectivity index (χ0n) is 21.3. The van der Waals surface area contributed by atoms with E-state index < -0.39 is 0 Å². The van der Waals surface area contributed by atoms with Gasteiger partial charge in [-0.25, -0.2) is 4.98 Å². The summed E-state index contributed by atoms with van der Waals surface area (Å²) in [6.45, 7) is 8.56. The standard InChI is InChI=1S/C28H28N4O3S2/c1-16-9-10-17(2)21(13-16)29-24(34)15-36-28-30-26-25(20-11-12-31(19(4)33)14-23(20)37-26)27(35)32(28)22-8-6-5-7-18(22)3/h5-10,13H,11-12,14-15H2,1-4H3,(H,29,34). The van der Waals surface area contributed by atoms with Crippen LogP contribution < -0.4 is 10.9 Å². The molecule has 1 N–H and O–H groups in total. The van der Waals surface area contributed by atoms with Crippen LogP contribution in [0.2, 0.25) is 0 Å². The highest BCUT2D eigenvalue weighted by molar-refractivity contribution is 7.99. The fraction of sp³-hybridized carbons (Fsp3) is 0.286. The first-order valence-corrected chi connectivity index (χ1v) is 13.9. The van der Waals surface area contributed by atoms with Gasteiger partial charge in [0, 0.05) is 24.0 Å². The number of benzene rings is 2. The molecular formula is C28H28N4O3S2. The summed E-state index contributed by atoms with van der Waals surface area (Å²) in [6.07, 6.45) is 0.629. The van der Waals surface area contributed by atoms with E-state index in [1.54, 1.807) is 16.4 Å². The second-order valence-corrected chi connectivity index (χ2v) is 11.4. The monoisotopic (exact) mass is 532 g/mol. The molecule has 2 aromatic heterocycles. The summed E-state index contributed by atoms with van der Waals surface area (Å²) < 4.78 is 1.64. The van der Waals surface area contributed by atoms with Crippen molar-refractivity contribution in [1.29, 1.82) is 0 Å². The maximum atomic E-state index is 14.0. The highest BCUT2D eigenvalue weighted by atomic mass is 32.2. The van der Waals surface area contributed by atoms with E-state index in [4.69, 9.17) is 4.98 Å². The van der Waals surface area contributed by atoms with Gasteiger partial charge in [-0.3, -0.25) is 19.0 Å². The Hall–Kier alpha value is -3.43. The molecule has 2 amide bonds. The van der Waals surface area contributed by atoms with Gasteiger partial charge in [-0.15, -0.1) is 11.3 Å². The molecule has 5 rings (SSSR count). The van der Waals surface area contributed by atoms with E-state index in [1.165, 1.54) is 23.1 Å². The number of carbonyl (C=O) groups excluding carboxylic acids is 2. The van der Waals surface area contributed by atoms with E-state index in [9.17, 15) is 14.4 Å². The molecule has 4 aromatic rings. The fourth-order valence-corrected chi connectivity index (χ4v) is 6.69. The summed E-state index contributed by atoms with van der Waals surface area (Å²) in [4.78, 5) is 47.2. The maximum Gasteiger partial charge on any atom is 0.267 e. The Labute approximate surface area is 223 Å². The quantitative estimate of drug-likeness (QED) is 0.289. The predicted octanol–water partition coefficient (Wildman–Crippen LogP) is 5.01. The molecule has 0 fully saturated rings. The summed E-state index contributed by atoms with van der Waals surface area (Å²) in [5.41, 5.74) is 5.39.